The van der Waals surface area contributed by atoms with E-state index in [9.17, 15) is 30.7 Å². The van der Waals surface area contributed by atoms with E-state index in [0.717, 1.165) is 17.2 Å². The summed E-state index contributed by atoms with van der Waals surface area (Å²) in [6, 6.07) is 19.6. The molecule has 0 N–H and O–H groups in total. The average molecular weight is 555 g/mol. The first kappa shape index (κ1) is 27.2. The first-order valence-electron chi connectivity index (χ1n) is 12.4. The summed E-state index contributed by atoms with van der Waals surface area (Å²) >= 11 is 0. The predicted molar refractivity (Wildman–Crippen MR) is 140 cm³/mol. The van der Waals surface area contributed by atoms with Gasteiger partial charge in [-0.05, 0) is 57.6 Å². The highest BCUT2D eigenvalue weighted by Gasteiger charge is 2.35. The standard InChI is InChI=1S/C32H21F7O/c1-2-3-20-11-13-26(30(36)29(20)35)19-6-4-18(5-7-19)21-8-9-23-15-24(12-10-22(23)14-21)32(38,39)40-25-16-27(33)31(37)28(34)17-25/h4-17H,2-3H2,1H3. The highest BCUT2D eigenvalue weighted by molar-refractivity contribution is 5.88. The van der Waals surface area contributed by atoms with E-state index in [-0.39, 0.29) is 5.56 Å². The molecule has 8 heteroatoms. The van der Waals surface area contributed by atoms with Gasteiger partial charge in [0.15, 0.2) is 29.1 Å². The van der Waals surface area contributed by atoms with Crippen LogP contribution in [0.5, 0.6) is 5.75 Å². The number of aryl methyl sites for hydroxylation is 1. The largest absolute Gasteiger partial charge is 0.429 e. The van der Waals surface area contributed by atoms with E-state index in [1.54, 1.807) is 54.6 Å². The Bertz CT molecular complexity index is 1690. The molecule has 0 saturated carbocycles. The van der Waals surface area contributed by atoms with E-state index in [1.165, 1.54) is 12.1 Å². The molecule has 0 atom stereocenters. The van der Waals surface area contributed by atoms with Crippen molar-refractivity contribution in [2.24, 2.45) is 0 Å². The summed E-state index contributed by atoms with van der Waals surface area (Å²) in [5.41, 5.74) is 1.97. The van der Waals surface area contributed by atoms with Gasteiger partial charge < -0.3 is 4.74 Å². The molecule has 0 spiro atoms. The third kappa shape index (κ3) is 5.26. The molecule has 0 aliphatic rings. The lowest BCUT2D eigenvalue weighted by Gasteiger charge is -2.19. The fraction of sp³-hybridized carbons (Fsp3) is 0.125. The molecule has 0 aliphatic carbocycles. The van der Waals surface area contributed by atoms with Crippen LogP contribution in [-0.4, -0.2) is 0 Å². The van der Waals surface area contributed by atoms with Crippen LogP contribution in [0, 0.1) is 29.1 Å². The van der Waals surface area contributed by atoms with Gasteiger partial charge >= 0.3 is 6.11 Å². The normalized spacial score (nSPS) is 11.7. The maximum Gasteiger partial charge on any atom is 0.426 e. The Morgan fingerprint density at radius 1 is 0.600 bits per heavy atom. The Balaban J connectivity index is 1.39. The maximum atomic E-state index is 14.8. The zero-order valence-corrected chi connectivity index (χ0v) is 21.1. The van der Waals surface area contributed by atoms with Crippen molar-refractivity contribution in [3.63, 3.8) is 0 Å². The van der Waals surface area contributed by atoms with Gasteiger partial charge in [-0.25, -0.2) is 22.0 Å². The van der Waals surface area contributed by atoms with Crippen LogP contribution < -0.4 is 4.74 Å². The van der Waals surface area contributed by atoms with Gasteiger partial charge in [0.2, 0.25) is 0 Å². The number of hydrogen-bond acceptors (Lipinski definition) is 1. The van der Waals surface area contributed by atoms with E-state index >= 15 is 0 Å². The molecule has 0 bridgehead atoms. The molecular formula is C32H21F7O. The maximum absolute atomic E-state index is 14.8. The second kappa shape index (κ2) is 10.7. The van der Waals surface area contributed by atoms with Crippen molar-refractivity contribution in [1.82, 2.24) is 0 Å². The van der Waals surface area contributed by atoms with Crippen molar-refractivity contribution in [2.75, 3.05) is 0 Å². The van der Waals surface area contributed by atoms with Crippen molar-refractivity contribution >= 4 is 10.8 Å². The SMILES string of the molecule is CCCc1ccc(-c2ccc(-c3ccc4cc(C(F)(F)Oc5cc(F)c(F)c(F)c5)ccc4c3)cc2)c(F)c1F. The van der Waals surface area contributed by atoms with Crippen LogP contribution in [0.25, 0.3) is 33.0 Å². The molecule has 0 amide bonds. The molecule has 5 aromatic rings. The second-order valence-electron chi connectivity index (χ2n) is 9.32. The molecule has 0 aromatic heterocycles. The van der Waals surface area contributed by atoms with Gasteiger partial charge in [0.1, 0.15) is 5.75 Å². The summed E-state index contributed by atoms with van der Waals surface area (Å²) in [7, 11) is 0. The van der Waals surface area contributed by atoms with Crippen LogP contribution in [0.3, 0.4) is 0 Å². The zero-order valence-electron chi connectivity index (χ0n) is 21.1. The summed E-state index contributed by atoms with van der Waals surface area (Å²) < 4.78 is 103. The second-order valence-corrected chi connectivity index (χ2v) is 9.32. The lowest BCUT2D eigenvalue weighted by molar-refractivity contribution is -0.185. The first-order valence-corrected chi connectivity index (χ1v) is 12.4. The van der Waals surface area contributed by atoms with E-state index in [0.29, 0.717) is 46.9 Å². The predicted octanol–water partition coefficient (Wildman–Crippen LogP) is 9.95. The molecule has 0 saturated heterocycles. The van der Waals surface area contributed by atoms with Gasteiger partial charge in [0.25, 0.3) is 0 Å². The van der Waals surface area contributed by atoms with Crippen molar-refractivity contribution in [2.45, 2.75) is 25.9 Å². The summed E-state index contributed by atoms with van der Waals surface area (Å²) in [4.78, 5) is 0. The number of hydrogen-bond donors (Lipinski definition) is 0. The molecule has 0 radical (unpaired) electrons. The highest BCUT2D eigenvalue weighted by atomic mass is 19.3. The molecule has 0 fully saturated rings. The topological polar surface area (TPSA) is 9.23 Å². The first-order chi connectivity index (χ1) is 19.1. The number of benzene rings is 5. The Labute approximate surface area is 225 Å². The number of ether oxygens (including phenoxy) is 1. The van der Waals surface area contributed by atoms with Crippen LogP contribution in [0.15, 0.2) is 84.9 Å². The lowest BCUT2D eigenvalue weighted by Crippen LogP contribution is -2.22. The van der Waals surface area contributed by atoms with Gasteiger partial charge in [-0.15, -0.1) is 0 Å². The zero-order chi connectivity index (χ0) is 28.6. The van der Waals surface area contributed by atoms with E-state index in [4.69, 9.17) is 0 Å². The number of fused-ring (bicyclic) bond motifs is 1. The molecule has 1 nitrogen and oxygen atoms in total. The summed E-state index contributed by atoms with van der Waals surface area (Å²) in [6.45, 7) is 1.89. The third-order valence-electron chi connectivity index (χ3n) is 6.59. The quantitative estimate of drug-likeness (QED) is 0.144. The van der Waals surface area contributed by atoms with Crippen molar-refractivity contribution in [3.05, 3.63) is 125 Å². The van der Waals surface area contributed by atoms with Crippen LogP contribution in [-0.2, 0) is 12.5 Å². The summed E-state index contributed by atoms with van der Waals surface area (Å²) in [6.07, 6.45) is -2.81. The Morgan fingerprint density at radius 2 is 1.20 bits per heavy atom. The Kier molecular flexibility index (Phi) is 7.27. The molecule has 204 valence electrons. The third-order valence-corrected chi connectivity index (χ3v) is 6.59. The van der Waals surface area contributed by atoms with Gasteiger partial charge in [-0.1, -0.05) is 67.9 Å². The minimum absolute atomic E-state index is 0.157. The number of alkyl halides is 2. The van der Waals surface area contributed by atoms with Crippen LogP contribution in [0.1, 0.15) is 24.5 Å². The van der Waals surface area contributed by atoms with Gasteiger partial charge in [-0.3, -0.25) is 0 Å². The smallest absolute Gasteiger partial charge is 0.426 e. The molecule has 5 aromatic carbocycles. The van der Waals surface area contributed by atoms with Crippen molar-refractivity contribution in [3.8, 4) is 28.0 Å². The minimum atomic E-state index is -3.96. The number of rotatable bonds is 7. The van der Waals surface area contributed by atoms with Gasteiger partial charge in [0, 0.05) is 17.7 Å². The fourth-order valence-electron chi connectivity index (χ4n) is 4.52. The molecular weight excluding hydrogens is 533 g/mol. The lowest BCUT2D eigenvalue weighted by atomic mass is 9.96. The van der Waals surface area contributed by atoms with Crippen LogP contribution in [0.4, 0.5) is 30.7 Å². The molecule has 0 unspecified atom stereocenters. The summed E-state index contributed by atoms with van der Waals surface area (Å²) in [5.74, 6) is -7.67. The minimum Gasteiger partial charge on any atom is -0.429 e. The molecule has 40 heavy (non-hydrogen) atoms. The molecule has 5 rings (SSSR count). The van der Waals surface area contributed by atoms with E-state index < -0.39 is 46.5 Å². The monoisotopic (exact) mass is 554 g/mol. The molecule has 0 heterocycles. The average Bonchev–Trinajstić information content (AvgIpc) is 2.94. The van der Waals surface area contributed by atoms with Crippen LogP contribution >= 0.6 is 0 Å². The molecule has 0 aliphatic heterocycles. The Morgan fingerprint density at radius 3 is 1.88 bits per heavy atom. The van der Waals surface area contributed by atoms with E-state index in [2.05, 4.69) is 4.74 Å². The van der Waals surface area contributed by atoms with Crippen LogP contribution in [0.2, 0.25) is 0 Å². The van der Waals surface area contributed by atoms with Crippen molar-refractivity contribution < 1.29 is 35.5 Å². The Hall–Kier alpha value is -4.33. The van der Waals surface area contributed by atoms with E-state index in [1.807, 2.05) is 6.92 Å². The fourth-order valence-corrected chi connectivity index (χ4v) is 4.52. The summed E-state index contributed by atoms with van der Waals surface area (Å²) in [5, 5.41) is 1.07. The van der Waals surface area contributed by atoms with Gasteiger partial charge in [0.05, 0.1) is 5.56 Å². The van der Waals surface area contributed by atoms with Gasteiger partial charge in [-0.2, -0.15) is 8.78 Å². The highest BCUT2D eigenvalue weighted by Crippen LogP contribution is 2.36. The van der Waals surface area contributed by atoms with Crippen molar-refractivity contribution in [1.29, 1.82) is 0 Å². The number of halogens is 7.